The number of cyclic esters (lactones) is 2. The number of ketones is 1. The maximum atomic E-state index is 12.8. The van der Waals surface area contributed by atoms with E-state index in [1.165, 1.54) is 13.8 Å². The number of rotatable bonds is 4. The van der Waals surface area contributed by atoms with Crippen molar-refractivity contribution in [3.8, 4) is 0 Å². The third-order valence-corrected chi connectivity index (χ3v) is 4.16. The first-order valence-electron chi connectivity index (χ1n) is 7.96. The summed E-state index contributed by atoms with van der Waals surface area (Å²) < 4.78 is 10.6. The van der Waals surface area contributed by atoms with E-state index < -0.39 is 23.1 Å². The highest BCUT2D eigenvalue weighted by atomic mass is 16.7. The van der Waals surface area contributed by atoms with E-state index in [1.54, 1.807) is 60.7 Å². The van der Waals surface area contributed by atoms with Crippen LogP contribution in [0.1, 0.15) is 36.2 Å². The fraction of sp³-hybridized carbons (Fsp3) is 0.250. The number of carbonyl (C=O) groups is 3. The first-order chi connectivity index (χ1) is 11.8. The van der Waals surface area contributed by atoms with Crippen LogP contribution in [0.2, 0.25) is 0 Å². The number of benzene rings is 2. The zero-order chi connectivity index (χ0) is 18.1. The second-order valence-electron chi connectivity index (χ2n) is 6.42. The molecule has 5 nitrogen and oxygen atoms in total. The van der Waals surface area contributed by atoms with Gasteiger partial charge in [-0.3, -0.25) is 14.4 Å². The van der Waals surface area contributed by atoms with E-state index in [0.717, 1.165) is 0 Å². The quantitative estimate of drug-likeness (QED) is 0.487. The molecule has 1 fully saturated rings. The number of Topliss-reactive ketones (excluding diaryl/α,β-unsaturated/α-hetero) is 1. The zero-order valence-corrected chi connectivity index (χ0v) is 14.0. The average molecular weight is 338 g/mol. The van der Waals surface area contributed by atoms with Crippen molar-refractivity contribution in [2.75, 3.05) is 0 Å². The Kier molecular flexibility index (Phi) is 4.17. The largest absolute Gasteiger partial charge is 0.422 e. The van der Waals surface area contributed by atoms with E-state index in [-0.39, 0.29) is 12.2 Å². The smallest absolute Gasteiger partial charge is 0.331 e. The highest BCUT2D eigenvalue weighted by molar-refractivity contribution is 6.13. The maximum Gasteiger partial charge on any atom is 0.331 e. The maximum absolute atomic E-state index is 12.8. The molecule has 0 bridgehead atoms. The normalized spacial score (nSPS) is 18.2. The topological polar surface area (TPSA) is 69.7 Å². The van der Waals surface area contributed by atoms with E-state index >= 15 is 0 Å². The molecule has 1 aliphatic rings. The van der Waals surface area contributed by atoms with Gasteiger partial charge in [-0.15, -0.1) is 0 Å². The molecule has 0 saturated carbocycles. The molecule has 128 valence electrons. The summed E-state index contributed by atoms with van der Waals surface area (Å²) in [6.45, 7) is 2.97. The van der Waals surface area contributed by atoms with Crippen LogP contribution < -0.4 is 0 Å². The molecule has 1 heterocycles. The van der Waals surface area contributed by atoms with Crippen LogP contribution in [0.15, 0.2) is 60.7 Å². The fourth-order valence-corrected chi connectivity index (χ4v) is 2.90. The van der Waals surface area contributed by atoms with E-state index in [0.29, 0.717) is 11.1 Å². The second-order valence-corrected chi connectivity index (χ2v) is 6.42. The summed E-state index contributed by atoms with van der Waals surface area (Å²) in [6, 6.07) is 16.9. The minimum absolute atomic E-state index is 0.335. The average Bonchev–Trinajstić information content (AvgIpc) is 2.59. The highest BCUT2D eigenvalue weighted by Crippen LogP contribution is 2.39. The van der Waals surface area contributed by atoms with Crippen molar-refractivity contribution in [1.82, 2.24) is 0 Å². The van der Waals surface area contributed by atoms with Crippen molar-refractivity contribution in [3.05, 3.63) is 71.8 Å². The van der Waals surface area contributed by atoms with Crippen molar-refractivity contribution in [2.45, 2.75) is 31.5 Å². The fourth-order valence-electron chi connectivity index (χ4n) is 2.90. The molecule has 0 unspecified atom stereocenters. The summed E-state index contributed by atoms with van der Waals surface area (Å²) >= 11 is 0. The molecule has 0 N–H and O–H groups in total. The van der Waals surface area contributed by atoms with Crippen molar-refractivity contribution in [1.29, 1.82) is 0 Å². The van der Waals surface area contributed by atoms with E-state index in [1.807, 2.05) is 0 Å². The van der Waals surface area contributed by atoms with Crippen LogP contribution in [0.3, 0.4) is 0 Å². The second kappa shape index (κ2) is 6.16. The van der Waals surface area contributed by atoms with Gasteiger partial charge in [0, 0.05) is 25.8 Å². The van der Waals surface area contributed by atoms with E-state index in [2.05, 4.69) is 0 Å². The minimum Gasteiger partial charge on any atom is -0.422 e. The summed E-state index contributed by atoms with van der Waals surface area (Å²) in [6.07, 6.45) is -0.352. The first-order valence-corrected chi connectivity index (χ1v) is 7.96. The number of ether oxygens (including phenoxy) is 2. The van der Waals surface area contributed by atoms with Crippen molar-refractivity contribution < 1.29 is 23.9 Å². The lowest BCUT2D eigenvalue weighted by atomic mass is 9.74. The van der Waals surface area contributed by atoms with Crippen molar-refractivity contribution in [3.63, 3.8) is 0 Å². The van der Waals surface area contributed by atoms with Gasteiger partial charge in [-0.25, -0.2) is 0 Å². The Hall–Kier alpha value is -2.95. The van der Waals surface area contributed by atoms with Gasteiger partial charge in [-0.1, -0.05) is 60.7 Å². The summed E-state index contributed by atoms with van der Waals surface area (Å²) in [4.78, 5) is 38.4. The number of hydrogen-bond donors (Lipinski definition) is 0. The molecule has 0 radical (unpaired) electrons. The SMILES string of the molecule is CC1(C)OC(=O)C(CC(=O)c2ccccc2)(c2ccccc2)C(=O)O1. The lowest BCUT2D eigenvalue weighted by Crippen LogP contribution is -2.57. The third-order valence-electron chi connectivity index (χ3n) is 4.16. The first kappa shape index (κ1) is 16.9. The Morgan fingerprint density at radius 3 is 1.84 bits per heavy atom. The van der Waals surface area contributed by atoms with E-state index in [4.69, 9.17) is 9.47 Å². The molecule has 2 aromatic rings. The van der Waals surface area contributed by atoms with Crippen LogP contribution in [-0.4, -0.2) is 23.5 Å². The Morgan fingerprint density at radius 1 is 0.840 bits per heavy atom. The highest BCUT2D eigenvalue weighted by Gasteiger charge is 2.58. The van der Waals surface area contributed by atoms with Crippen LogP contribution in [0.5, 0.6) is 0 Å². The predicted octanol–water partition coefficient (Wildman–Crippen LogP) is 3.03. The van der Waals surface area contributed by atoms with Gasteiger partial charge in [-0.05, 0) is 5.56 Å². The summed E-state index contributed by atoms with van der Waals surface area (Å²) in [7, 11) is 0. The van der Waals surface area contributed by atoms with Crippen LogP contribution in [0.4, 0.5) is 0 Å². The summed E-state index contributed by atoms with van der Waals surface area (Å²) in [5.74, 6) is -3.24. The predicted molar refractivity (Wildman–Crippen MR) is 89.8 cm³/mol. The van der Waals surface area contributed by atoms with E-state index in [9.17, 15) is 14.4 Å². The van der Waals surface area contributed by atoms with Gasteiger partial charge in [0.1, 0.15) is 0 Å². The van der Waals surface area contributed by atoms with Crippen molar-refractivity contribution >= 4 is 17.7 Å². The molecule has 1 aliphatic heterocycles. The monoisotopic (exact) mass is 338 g/mol. The van der Waals surface area contributed by atoms with Gasteiger partial charge in [0.05, 0.1) is 0 Å². The lowest BCUT2D eigenvalue weighted by molar-refractivity contribution is -0.243. The lowest BCUT2D eigenvalue weighted by Gasteiger charge is -2.40. The molecular formula is C20H18O5. The van der Waals surface area contributed by atoms with Crippen LogP contribution in [-0.2, 0) is 24.5 Å². The molecule has 5 heteroatoms. The molecule has 0 spiro atoms. The summed E-state index contributed by atoms with van der Waals surface area (Å²) in [5.41, 5.74) is -1.00. The standard InChI is InChI=1S/C20H18O5/c1-19(2)24-17(22)20(18(23)25-19,15-11-7-4-8-12-15)13-16(21)14-9-5-3-6-10-14/h3-12H,13H2,1-2H3. The number of hydrogen-bond acceptors (Lipinski definition) is 5. The Labute approximate surface area is 145 Å². The van der Waals surface area contributed by atoms with Gasteiger partial charge in [0.15, 0.2) is 11.2 Å². The molecule has 0 aromatic heterocycles. The molecule has 2 aromatic carbocycles. The van der Waals surface area contributed by atoms with Gasteiger partial charge in [-0.2, -0.15) is 0 Å². The van der Waals surface area contributed by atoms with Gasteiger partial charge in [0.25, 0.3) is 5.79 Å². The Balaban J connectivity index is 2.07. The van der Waals surface area contributed by atoms with Crippen LogP contribution in [0.25, 0.3) is 0 Å². The van der Waals surface area contributed by atoms with Crippen LogP contribution >= 0.6 is 0 Å². The summed E-state index contributed by atoms with van der Waals surface area (Å²) in [5, 5.41) is 0. The zero-order valence-electron chi connectivity index (χ0n) is 14.0. The molecule has 0 amide bonds. The van der Waals surface area contributed by atoms with Crippen molar-refractivity contribution in [2.24, 2.45) is 0 Å². The molecule has 25 heavy (non-hydrogen) atoms. The van der Waals surface area contributed by atoms with Gasteiger partial charge < -0.3 is 9.47 Å². The minimum atomic E-state index is -1.80. The Bertz CT molecular complexity index is 788. The molecular weight excluding hydrogens is 320 g/mol. The number of carbonyl (C=O) groups excluding carboxylic acids is 3. The third kappa shape index (κ3) is 3.05. The molecule has 1 saturated heterocycles. The van der Waals surface area contributed by atoms with Crippen LogP contribution in [0, 0.1) is 0 Å². The van der Waals surface area contributed by atoms with Gasteiger partial charge in [0.2, 0.25) is 0 Å². The molecule has 0 aliphatic carbocycles. The molecule has 3 rings (SSSR count). The van der Waals surface area contributed by atoms with Gasteiger partial charge >= 0.3 is 11.9 Å². The number of esters is 2. The molecule has 0 atom stereocenters. The Morgan fingerprint density at radius 2 is 1.32 bits per heavy atom.